The normalized spacial score (nSPS) is 9.86. The van der Waals surface area contributed by atoms with Gasteiger partial charge in [0.15, 0.2) is 0 Å². The van der Waals surface area contributed by atoms with Crippen molar-refractivity contribution in [1.29, 1.82) is 0 Å². The van der Waals surface area contributed by atoms with Crippen LogP contribution in [-0.4, -0.2) is 34.1 Å². The zero-order chi connectivity index (χ0) is 14.9. The molecule has 0 saturated carbocycles. The summed E-state index contributed by atoms with van der Waals surface area (Å²) in [7, 11) is 0. The fraction of sp³-hybridized carbons (Fsp3) is 0.944. The molecule has 0 aliphatic rings. The Balaban J connectivity index is -0.000000301. The Morgan fingerprint density at radius 1 is 0.682 bits per heavy atom. The van der Waals surface area contributed by atoms with E-state index in [1.54, 1.807) is 0 Å². The molecule has 0 aliphatic heterocycles. The molecule has 0 saturated heterocycles. The van der Waals surface area contributed by atoms with E-state index in [0.29, 0.717) is 6.42 Å². The van der Waals surface area contributed by atoms with Crippen LogP contribution in [-0.2, 0) is 25.9 Å². The van der Waals surface area contributed by atoms with Crippen LogP contribution in [0, 0.1) is 0 Å². The molecule has 0 fully saturated rings. The van der Waals surface area contributed by atoms with Gasteiger partial charge in [-0.15, -0.1) is 0 Å². The number of hydrogen-bond donors (Lipinski definition) is 1. The predicted octanol–water partition coefficient (Wildman–Crippen LogP) is 6.17. The zero-order valence-corrected chi connectivity index (χ0v) is 18.2. The first kappa shape index (κ1) is 27.8. The number of carboxylic acids is 1. The van der Waals surface area contributed by atoms with Gasteiger partial charge in [0, 0.05) is 27.5 Å². The second-order valence-electron chi connectivity index (χ2n) is 6.09. The van der Waals surface area contributed by atoms with Crippen molar-refractivity contribution in [3.05, 3.63) is 0 Å². The van der Waals surface area contributed by atoms with Crippen LogP contribution in [0.5, 0.6) is 0 Å². The van der Waals surface area contributed by atoms with E-state index in [1.807, 2.05) is 0 Å². The van der Waals surface area contributed by atoms with Gasteiger partial charge >= 0.3 is 29.0 Å². The maximum atomic E-state index is 10.3. The summed E-state index contributed by atoms with van der Waals surface area (Å²) >= 11 is 0. The maximum absolute atomic E-state index is 10.3. The molecule has 22 heavy (non-hydrogen) atoms. The van der Waals surface area contributed by atoms with E-state index in [0.717, 1.165) is 12.8 Å². The minimum atomic E-state index is -0.653. The Morgan fingerprint density at radius 2 is 0.955 bits per heavy atom. The number of carboxylic acid groups (broad SMARTS) is 1. The largest absolute Gasteiger partial charge is 2.00 e. The Labute approximate surface area is 172 Å². The summed E-state index contributed by atoms with van der Waals surface area (Å²) in [5.74, 6) is -0.653. The first-order chi connectivity index (χ1) is 9.77. The molecule has 130 valence electrons. The summed E-state index contributed by atoms with van der Waals surface area (Å²) < 4.78 is 0. The van der Waals surface area contributed by atoms with Crippen molar-refractivity contribution in [1.82, 2.24) is 0 Å². The van der Waals surface area contributed by atoms with E-state index in [9.17, 15) is 4.79 Å². The van der Waals surface area contributed by atoms with Crippen molar-refractivity contribution in [3.63, 3.8) is 0 Å². The van der Waals surface area contributed by atoms with E-state index in [4.69, 9.17) is 5.11 Å². The number of hydrogen-bond acceptors (Lipinski definition) is 1. The number of rotatable bonds is 16. The minimum Gasteiger partial charge on any atom is -1.00 e. The molecule has 0 rings (SSSR count). The molecule has 0 aromatic rings. The van der Waals surface area contributed by atoms with E-state index < -0.39 is 5.97 Å². The van der Waals surface area contributed by atoms with Gasteiger partial charge in [-0.25, -0.2) is 0 Å². The van der Waals surface area contributed by atoms with Crippen LogP contribution in [0.2, 0.25) is 0 Å². The molecule has 0 aliphatic carbocycles. The van der Waals surface area contributed by atoms with Crippen LogP contribution >= 0.6 is 0 Å². The van der Waals surface area contributed by atoms with Gasteiger partial charge in [0.1, 0.15) is 0 Å². The quantitative estimate of drug-likeness (QED) is 0.246. The summed E-state index contributed by atoms with van der Waals surface area (Å²) in [6, 6.07) is 0. The summed E-state index contributed by atoms with van der Waals surface area (Å²) in [6.45, 7) is 2.27. The van der Waals surface area contributed by atoms with Gasteiger partial charge in [-0.3, -0.25) is 4.79 Å². The van der Waals surface area contributed by atoms with Crippen LogP contribution < -0.4 is 0 Å². The first-order valence-corrected chi connectivity index (χ1v) is 8.99. The average molecular weight is 407 g/mol. The van der Waals surface area contributed by atoms with Gasteiger partial charge < -0.3 is 7.96 Å². The molecule has 1 N–H and O–H groups in total. The van der Waals surface area contributed by atoms with Gasteiger partial charge in [0.2, 0.25) is 0 Å². The maximum Gasteiger partial charge on any atom is 2.00 e. The summed E-state index contributed by atoms with van der Waals surface area (Å²) in [5.41, 5.74) is 0. The van der Waals surface area contributed by atoms with Crippen LogP contribution in [0.3, 0.4) is 0 Å². The predicted molar refractivity (Wildman–Crippen MR) is 95.2 cm³/mol. The van der Waals surface area contributed by atoms with Crippen LogP contribution in [0.25, 0.3) is 0 Å². The summed E-state index contributed by atoms with van der Waals surface area (Å²) in [4.78, 5) is 10.3. The molecule has 0 heterocycles. The SMILES string of the molecule is CCCCCCCCCCCCCCCCCC(=O)O.[H-].[H-].[Mg+2].[Mo]. The fourth-order valence-corrected chi connectivity index (χ4v) is 2.65. The molecule has 0 atom stereocenters. The summed E-state index contributed by atoms with van der Waals surface area (Å²) in [6.07, 6.45) is 20.2. The molecule has 0 unspecified atom stereocenters. The van der Waals surface area contributed by atoms with Gasteiger partial charge in [-0.2, -0.15) is 0 Å². The van der Waals surface area contributed by atoms with Gasteiger partial charge in [-0.1, -0.05) is 96.8 Å². The minimum absolute atomic E-state index is 0. The topological polar surface area (TPSA) is 37.3 Å². The van der Waals surface area contributed by atoms with Crippen molar-refractivity contribution < 1.29 is 33.8 Å². The third-order valence-corrected chi connectivity index (χ3v) is 3.99. The van der Waals surface area contributed by atoms with E-state index in [1.165, 1.54) is 83.5 Å². The standard InChI is InChI=1S/C18H36O2.Mg.Mo.2H/c1-2-3-4-5-6-7-8-9-10-11-12-13-14-15-16-17-18(19)20;;;;/h2-17H2,1H3,(H,19,20);;;;/q;+2;;2*-1. The van der Waals surface area contributed by atoms with Crippen molar-refractivity contribution in [2.24, 2.45) is 0 Å². The Bertz CT molecular complexity index is 223. The Kier molecular flexibility index (Phi) is 30.5. The molecule has 0 radical (unpaired) electrons. The van der Waals surface area contributed by atoms with Crippen molar-refractivity contribution in [3.8, 4) is 0 Å². The number of carbonyl (C=O) groups is 1. The smallest absolute Gasteiger partial charge is 1.00 e. The van der Waals surface area contributed by atoms with E-state index >= 15 is 0 Å². The van der Waals surface area contributed by atoms with Gasteiger partial charge in [0.25, 0.3) is 0 Å². The molecular weight excluding hydrogens is 368 g/mol. The van der Waals surface area contributed by atoms with Crippen LogP contribution in [0.1, 0.15) is 113 Å². The van der Waals surface area contributed by atoms with Gasteiger partial charge in [0.05, 0.1) is 0 Å². The number of aliphatic carboxylic acids is 1. The van der Waals surface area contributed by atoms with Crippen LogP contribution in [0.15, 0.2) is 0 Å². The third-order valence-electron chi connectivity index (χ3n) is 3.99. The Morgan fingerprint density at radius 3 is 1.23 bits per heavy atom. The summed E-state index contributed by atoms with van der Waals surface area (Å²) in [5, 5.41) is 8.52. The van der Waals surface area contributed by atoms with E-state index in [-0.39, 0.29) is 47.0 Å². The molecule has 0 spiro atoms. The average Bonchev–Trinajstić information content (AvgIpc) is 2.43. The second-order valence-corrected chi connectivity index (χ2v) is 6.09. The number of unbranched alkanes of at least 4 members (excludes halogenated alkanes) is 14. The third kappa shape index (κ3) is 25.9. The molecular formula is C18H38MgMoO2. The van der Waals surface area contributed by atoms with E-state index in [2.05, 4.69) is 6.92 Å². The molecule has 4 heteroatoms. The monoisotopic (exact) mass is 408 g/mol. The van der Waals surface area contributed by atoms with Crippen molar-refractivity contribution in [2.45, 2.75) is 110 Å². The van der Waals surface area contributed by atoms with Crippen LogP contribution in [0.4, 0.5) is 0 Å². The fourth-order valence-electron chi connectivity index (χ4n) is 2.65. The zero-order valence-electron chi connectivity index (χ0n) is 16.8. The first-order valence-electron chi connectivity index (χ1n) is 8.99. The molecule has 0 bridgehead atoms. The molecule has 0 aromatic heterocycles. The molecule has 0 amide bonds. The van der Waals surface area contributed by atoms with Gasteiger partial charge in [-0.05, 0) is 6.42 Å². The second kappa shape index (κ2) is 24.2. The van der Waals surface area contributed by atoms with Crippen molar-refractivity contribution >= 4 is 29.0 Å². The molecule has 0 aromatic carbocycles. The van der Waals surface area contributed by atoms with Crippen molar-refractivity contribution in [2.75, 3.05) is 0 Å². The molecule has 2 nitrogen and oxygen atoms in total. The Hall–Kier alpha value is 0.925.